The van der Waals surface area contributed by atoms with Crippen molar-refractivity contribution < 1.29 is 50.8 Å². The van der Waals surface area contributed by atoms with Crippen LogP contribution in [0.3, 0.4) is 0 Å². The Balaban J connectivity index is -0.0000000840. The number of carboxylic acid groups (broad SMARTS) is 3. The van der Waals surface area contributed by atoms with Crippen LogP contribution < -0.4 is 15.3 Å². The van der Waals surface area contributed by atoms with Crippen LogP contribution in [0.2, 0.25) is 0 Å². The van der Waals surface area contributed by atoms with Crippen molar-refractivity contribution in [3.05, 3.63) is 6.92 Å². The van der Waals surface area contributed by atoms with Gasteiger partial charge in [0.05, 0.1) is 0 Å². The molecule has 0 heterocycles. The summed E-state index contributed by atoms with van der Waals surface area (Å²) in [6, 6.07) is 0. The van der Waals surface area contributed by atoms with Crippen molar-refractivity contribution in [1.29, 1.82) is 0 Å². The maximum atomic E-state index is 9.76. The summed E-state index contributed by atoms with van der Waals surface area (Å²) < 4.78 is 0. The van der Waals surface area contributed by atoms with Crippen LogP contribution in [0.1, 0.15) is 105 Å². The summed E-state index contributed by atoms with van der Waals surface area (Å²) in [5, 5.41) is 29.3. The number of hydrogen-bond acceptors (Lipinski definition) is 6. The molecule has 0 bridgehead atoms. The van der Waals surface area contributed by atoms with Crippen LogP contribution in [0.15, 0.2) is 0 Å². The van der Waals surface area contributed by atoms with Crippen LogP contribution in [-0.2, 0) is 35.4 Å². The molecule has 0 rings (SSSR count). The van der Waals surface area contributed by atoms with Gasteiger partial charge in [0.15, 0.2) is 0 Å². The third-order valence-corrected chi connectivity index (χ3v) is 2.95. The molecule has 0 aliphatic heterocycles. The molecular formula is C20H38MoO6. The molecule has 0 aromatic carbocycles. The molecule has 0 saturated carbocycles. The van der Waals surface area contributed by atoms with E-state index in [1.807, 2.05) is 20.8 Å². The number of unbranched alkanes of at least 4 members (excludes halogenated alkanes) is 6. The van der Waals surface area contributed by atoms with Gasteiger partial charge in [-0.05, 0) is 38.5 Å². The van der Waals surface area contributed by atoms with E-state index < -0.39 is 17.9 Å². The van der Waals surface area contributed by atoms with Gasteiger partial charge >= 0.3 is 21.1 Å². The summed E-state index contributed by atoms with van der Waals surface area (Å²) in [5.74, 6) is -2.80. The first-order valence-electron chi connectivity index (χ1n) is 9.61. The predicted molar refractivity (Wildman–Crippen MR) is 98.5 cm³/mol. The fourth-order valence-corrected chi connectivity index (χ4v) is 1.56. The molecule has 0 aromatic rings. The molecule has 0 aliphatic rings. The van der Waals surface area contributed by atoms with Gasteiger partial charge in [0.25, 0.3) is 0 Å². The van der Waals surface area contributed by atoms with Gasteiger partial charge in [0.1, 0.15) is 0 Å². The molecule has 0 radical (unpaired) electrons. The molecule has 7 heteroatoms. The number of aliphatic carboxylic acids is 3. The molecule has 0 N–H and O–H groups in total. The Bertz CT molecular complexity index is 261. The second-order valence-corrected chi connectivity index (χ2v) is 5.49. The van der Waals surface area contributed by atoms with Crippen LogP contribution in [0.25, 0.3) is 0 Å². The van der Waals surface area contributed by atoms with Gasteiger partial charge in [0, 0.05) is 17.9 Å². The summed E-state index contributed by atoms with van der Waals surface area (Å²) in [6.45, 7) is 11.1. The Kier molecular flexibility index (Phi) is 49.4. The summed E-state index contributed by atoms with van der Waals surface area (Å²) in [5.41, 5.74) is 0. The second-order valence-electron chi connectivity index (χ2n) is 5.49. The fraction of sp³-hybridized carbons (Fsp3) is 0.800. The largest absolute Gasteiger partial charge is 4.00 e. The molecule has 6 nitrogen and oxygen atoms in total. The molecule has 27 heavy (non-hydrogen) atoms. The molecule has 0 amide bonds. The van der Waals surface area contributed by atoms with Gasteiger partial charge in [-0.25, -0.2) is 0 Å². The van der Waals surface area contributed by atoms with Crippen molar-refractivity contribution in [2.24, 2.45) is 0 Å². The van der Waals surface area contributed by atoms with Gasteiger partial charge in [-0.15, -0.1) is 0 Å². The smallest absolute Gasteiger partial charge is 0.550 e. The van der Waals surface area contributed by atoms with Crippen LogP contribution in [0.5, 0.6) is 0 Å². The Labute approximate surface area is 180 Å². The third-order valence-electron chi connectivity index (χ3n) is 2.95. The summed E-state index contributed by atoms with van der Waals surface area (Å²) in [4.78, 5) is 29.3. The molecule has 0 aliphatic carbocycles. The van der Waals surface area contributed by atoms with E-state index in [-0.39, 0.29) is 40.3 Å². The average Bonchev–Trinajstić information content (AvgIpc) is 2.58. The van der Waals surface area contributed by atoms with E-state index in [4.69, 9.17) is 0 Å². The first-order valence-corrected chi connectivity index (χ1v) is 9.61. The zero-order chi connectivity index (χ0) is 21.2. The number of carboxylic acids is 3. The maximum absolute atomic E-state index is 9.76. The standard InChI is InChI=1S/3C6H12O2.C2H5.Mo/c3*1-2-3-4-5-6(7)8;1-2;/h3*2-5H2,1H3,(H,7,8);1H2,2H3;/q;;;-1;+4/p-3. The quantitative estimate of drug-likeness (QED) is 0.244. The Morgan fingerprint density at radius 2 is 0.741 bits per heavy atom. The van der Waals surface area contributed by atoms with Gasteiger partial charge < -0.3 is 36.6 Å². The topological polar surface area (TPSA) is 120 Å². The minimum Gasteiger partial charge on any atom is -0.550 e. The molecule has 0 fully saturated rings. The SMILES string of the molecule is CCCCCC(=O)[O-].CCCCCC(=O)[O-].CCCCCC(=O)[O-].[CH2-]C.[Mo+4]. The Hall–Kier alpha value is -0.902. The van der Waals surface area contributed by atoms with Gasteiger partial charge in [-0.1, -0.05) is 59.3 Å². The van der Waals surface area contributed by atoms with E-state index in [1.165, 1.54) is 0 Å². The van der Waals surface area contributed by atoms with Crippen molar-refractivity contribution >= 4 is 17.9 Å². The fourth-order valence-electron chi connectivity index (χ4n) is 1.56. The summed E-state index contributed by atoms with van der Waals surface area (Å²) in [7, 11) is 0. The third kappa shape index (κ3) is 67.4. The number of carbonyl (C=O) groups is 3. The average molecular weight is 470 g/mol. The molecular weight excluding hydrogens is 432 g/mol. The monoisotopic (exact) mass is 472 g/mol. The Morgan fingerprint density at radius 1 is 0.556 bits per heavy atom. The summed E-state index contributed by atoms with van der Waals surface area (Å²) >= 11 is 0. The van der Waals surface area contributed by atoms with E-state index in [2.05, 4.69) is 6.92 Å². The van der Waals surface area contributed by atoms with Gasteiger partial charge in [0.2, 0.25) is 0 Å². The van der Waals surface area contributed by atoms with Crippen molar-refractivity contribution in [3.8, 4) is 0 Å². The molecule has 0 aromatic heterocycles. The van der Waals surface area contributed by atoms with Gasteiger partial charge in [-0.2, -0.15) is 6.92 Å². The minimum absolute atomic E-state index is 0. The minimum atomic E-state index is -0.932. The number of carbonyl (C=O) groups excluding carboxylic acids is 3. The van der Waals surface area contributed by atoms with Crippen LogP contribution in [-0.4, -0.2) is 17.9 Å². The first-order chi connectivity index (χ1) is 12.3. The van der Waals surface area contributed by atoms with E-state index in [0.717, 1.165) is 57.8 Å². The molecule has 0 atom stereocenters. The van der Waals surface area contributed by atoms with Crippen LogP contribution in [0, 0.1) is 6.92 Å². The molecule has 160 valence electrons. The first kappa shape index (κ1) is 36.9. The normalized spacial score (nSPS) is 8.33. The van der Waals surface area contributed by atoms with Crippen molar-refractivity contribution in [2.45, 2.75) is 105 Å². The number of rotatable bonds is 12. The van der Waals surface area contributed by atoms with Crippen LogP contribution in [0.4, 0.5) is 0 Å². The zero-order valence-electron chi connectivity index (χ0n) is 17.6. The van der Waals surface area contributed by atoms with E-state index in [0.29, 0.717) is 0 Å². The predicted octanol–water partition coefficient (Wildman–Crippen LogP) is 1.79. The number of hydrogen-bond donors (Lipinski definition) is 0. The van der Waals surface area contributed by atoms with Crippen LogP contribution >= 0.6 is 0 Å². The zero-order valence-corrected chi connectivity index (χ0v) is 19.6. The van der Waals surface area contributed by atoms with Gasteiger partial charge in [-0.3, -0.25) is 0 Å². The Morgan fingerprint density at radius 3 is 0.852 bits per heavy atom. The van der Waals surface area contributed by atoms with Crippen molar-refractivity contribution in [1.82, 2.24) is 0 Å². The maximum Gasteiger partial charge on any atom is 4.00 e. The summed E-state index contributed by atoms with van der Waals surface area (Å²) in [6.07, 6.45) is 9.11. The molecule has 0 saturated heterocycles. The van der Waals surface area contributed by atoms with E-state index in [9.17, 15) is 29.7 Å². The second kappa shape index (κ2) is 36.1. The molecule has 0 spiro atoms. The van der Waals surface area contributed by atoms with Crippen molar-refractivity contribution in [2.75, 3.05) is 0 Å². The van der Waals surface area contributed by atoms with E-state index >= 15 is 0 Å². The van der Waals surface area contributed by atoms with E-state index in [1.54, 1.807) is 6.92 Å². The molecule has 0 unspecified atom stereocenters. The van der Waals surface area contributed by atoms with Crippen molar-refractivity contribution in [3.63, 3.8) is 0 Å².